The molecule has 3 unspecified atom stereocenters. The van der Waals surface area contributed by atoms with Crippen molar-refractivity contribution < 1.29 is 14.9 Å². The highest BCUT2D eigenvalue weighted by Crippen LogP contribution is 2.50. The molecule has 0 aromatic heterocycles. The van der Waals surface area contributed by atoms with Crippen molar-refractivity contribution in [1.82, 2.24) is 9.80 Å². The van der Waals surface area contributed by atoms with Gasteiger partial charge in [0.15, 0.2) is 0 Å². The van der Waals surface area contributed by atoms with Gasteiger partial charge in [-0.1, -0.05) is 0 Å². The van der Waals surface area contributed by atoms with Crippen LogP contribution in [0.1, 0.15) is 20.3 Å². The summed E-state index contributed by atoms with van der Waals surface area (Å²) in [5.74, 6) is 0.234. The Labute approximate surface area is 121 Å². The fourth-order valence-electron chi connectivity index (χ4n) is 4.50. The Bertz CT molecular complexity index is 347. The normalized spacial score (nSPS) is 47.0. The average molecular weight is 284 g/mol. The minimum atomic E-state index is -0.794. The summed E-state index contributed by atoms with van der Waals surface area (Å²) in [6.45, 7) is 10.4. The lowest BCUT2D eigenvalue weighted by Crippen LogP contribution is -2.73. The molecule has 0 aromatic rings. The first-order valence-electron chi connectivity index (χ1n) is 7.89. The first-order chi connectivity index (χ1) is 9.49. The lowest BCUT2D eigenvalue weighted by Gasteiger charge is -2.60. The molecule has 20 heavy (non-hydrogen) atoms. The second-order valence-electron chi connectivity index (χ2n) is 7.21. The van der Waals surface area contributed by atoms with Crippen LogP contribution in [0.25, 0.3) is 0 Å². The van der Waals surface area contributed by atoms with E-state index in [1.54, 1.807) is 0 Å². The van der Waals surface area contributed by atoms with Crippen molar-refractivity contribution >= 4 is 0 Å². The molecular formula is C15H28N2O3. The molecule has 4 aliphatic heterocycles. The maximum absolute atomic E-state index is 11.5. The summed E-state index contributed by atoms with van der Waals surface area (Å²) < 4.78 is 5.81. The second-order valence-corrected chi connectivity index (χ2v) is 7.21. The van der Waals surface area contributed by atoms with Gasteiger partial charge in [-0.2, -0.15) is 0 Å². The summed E-state index contributed by atoms with van der Waals surface area (Å²) in [7, 11) is 0. The molecule has 0 radical (unpaired) electrons. The van der Waals surface area contributed by atoms with Crippen LogP contribution < -0.4 is 0 Å². The van der Waals surface area contributed by atoms with E-state index in [1.165, 1.54) is 0 Å². The predicted octanol–water partition coefficient (Wildman–Crippen LogP) is -0.228. The standard InChI is InChI=1S/C15H28N2O3/c1-12(2)20-11-15(19)13-7-16-4-5-17(8-13)10-14(15,9-16)3-6-18/h12-13,18-19H,3-11H2,1-2H3. The highest BCUT2D eigenvalue weighted by atomic mass is 16.5. The summed E-state index contributed by atoms with van der Waals surface area (Å²) in [5.41, 5.74) is -1.04. The fraction of sp³-hybridized carbons (Fsp3) is 1.00. The van der Waals surface area contributed by atoms with Crippen LogP contribution in [-0.4, -0.2) is 84.2 Å². The number of rotatable bonds is 5. The Morgan fingerprint density at radius 1 is 1.20 bits per heavy atom. The minimum absolute atomic E-state index is 0.130. The van der Waals surface area contributed by atoms with Gasteiger partial charge >= 0.3 is 0 Å². The van der Waals surface area contributed by atoms with E-state index in [0.29, 0.717) is 13.0 Å². The number of aliphatic hydroxyl groups excluding tert-OH is 1. The van der Waals surface area contributed by atoms with Crippen molar-refractivity contribution in [2.75, 3.05) is 52.5 Å². The minimum Gasteiger partial charge on any atom is -0.396 e. The van der Waals surface area contributed by atoms with Gasteiger partial charge in [-0.05, 0) is 20.3 Å². The highest BCUT2D eigenvalue weighted by molar-refractivity contribution is 5.14. The molecule has 0 aromatic carbocycles. The van der Waals surface area contributed by atoms with Gasteiger partial charge in [0.2, 0.25) is 0 Å². The fourth-order valence-corrected chi connectivity index (χ4v) is 4.50. The van der Waals surface area contributed by atoms with E-state index in [4.69, 9.17) is 4.74 Å². The molecular weight excluding hydrogens is 256 g/mol. The van der Waals surface area contributed by atoms with Crippen LogP contribution in [0.15, 0.2) is 0 Å². The molecule has 4 fully saturated rings. The zero-order chi connectivity index (χ0) is 14.4. The summed E-state index contributed by atoms with van der Waals surface area (Å²) in [5, 5.41) is 21.0. The van der Waals surface area contributed by atoms with Crippen molar-refractivity contribution in [3.05, 3.63) is 0 Å². The number of piperidine rings is 2. The zero-order valence-electron chi connectivity index (χ0n) is 12.7. The third-order valence-corrected chi connectivity index (χ3v) is 5.56. The molecule has 5 heteroatoms. The van der Waals surface area contributed by atoms with Gasteiger partial charge in [-0.15, -0.1) is 0 Å². The third kappa shape index (κ3) is 2.20. The van der Waals surface area contributed by atoms with Gasteiger partial charge in [0.1, 0.15) is 5.60 Å². The lowest BCUT2D eigenvalue weighted by atomic mass is 9.59. The summed E-state index contributed by atoms with van der Waals surface area (Å²) in [6.07, 6.45) is 0.791. The maximum Gasteiger partial charge on any atom is 0.101 e. The number of aliphatic hydroxyl groups is 2. The number of fused-ring (bicyclic) bond motifs is 1. The molecule has 0 spiro atoms. The lowest BCUT2D eigenvalue weighted by molar-refractivity contribution is -0.232. The number of nitrogens with zero attached hydrogens (tertiary/aromatic N) is 2. The van der Waals surface area contributed by atoms with Crippen LogP contribution in [0.2, 0.25) is 0 Å². The largest absolute Gasteiger partial charge is 0.396 e. The molecule has 116 valence electrons. The molecule has 2 N–H and O–H groups in total. The molecule has 4 bridgehead atoms. The van der Waals surface area contributed by atoms with Gasteiger partial charge < -0.3 is 24.7 Å². The average Bonchev–Trinajstić information content (AvgIpc) is 2.63. The number of hydrogen-bond acceptors (Lipinski definition) is 5. The molecule has 0 aliphatic carbocycles. The monoisotopic (exact) mass is 284 g/mol. The summed E-state index contributed by atoms with van der Waals surface area (Å²) in [6, 6.07) is 0. The Morgan fingerprint density at radius 3 is 2.30 bits per heavy atom. The summed E-state index contributed by atoms with van der Waals surface area (Å²) >= 11 is 0. The van der Waals surface area contributed by atoms with Gasteiger partial charge in [0.25, 0.3) is 0 Å². The van der Waals surface area contributed by atoms with Crippen molar-refractivity contribution in [3.63, 3.8) is 0 Å². The topological polar surface area (TPSA) is 56.2 Å². The number of ether oxygens (including phenoxy) is 1. The molecule has 4 saturated heterocycles. The van der Waals surface area contributed by atoms with E-state index in [9.17, 15) is 10.2 Å². The van der Waals surface area contributed by atoms with E-state index in [0.717, 1.165) is 39.3 Å². The van der Waals surface area contributed by atoms with Crippen molar-refractivity contribution in [2.24, 2.45) is 11.3 Å². The number of hydrogen-bond donors (Lipinski definition) is 2. The predicted molar refractivity (Wildman–Crippen MR) is 76.5 cm³/mol. The van der Waals surface area contributed by atoms with E-state index in [-0.39, 0.29) is 24.0 Å². The van der Waals surface area contributed by atoms with Crippen LogP contribution in [0.4, 0.5) is 0 Å². The first-order valence-corrected chi connectivity index (χ1v) is 7.89. The SMILES string of the molecule is CC(C)OCC1(O)C2CN3CCN(C2)CC1(CCO)C3. The highest BCUT2D eigenvalue weighted by Gasteiger charge is 2.62. The molecule has 4 heterocycles. The Balaban J connectivity index is 1.91. The van der Waals surface area contributed by atoms with Crippen LogP contribution in [0.5, 0.6) is 0 Å². The van der Waals surface area contributed by atoms with Crippen LogP contribution >= 0.6 is 0 Å². The molecule has 0 amide bonds. The van der Waals surface area contributed by atoms with Gasteiger partial charge in [0.05, 0.1) is 12.7 Å². The second kappa shape index (κ2) is 5.21. The van der Waals surface area contributed by atoms with Crippen molar-refractivity contribution in [3.8, 4) is 0 Å². The van der Waals surface area contributed by atoms with E-state index >= 15 is 0 Å². The van der Waals surface area contributed by atoms with Crippen LogP contribution in [-0.2, 0) is 4.74 Å². The van der Waals surface area contributed by atoms with Crippen molar-refractivity contribution in [1.29, 1.82) is 0 Å². The van der Waals surface area contributed by atoms with E-state index in [2.05, 4.69) is 9.80 Å². The maximum atomic E-state index is 11.5. The van der Waals surface area contributed by atoms with Crippen molar-refractivity contribution in [2.45, 2.75) is 32.0 Å². The molecule has 0 saturated carbocycles. The van der Waals surface area contributed by atoms with E-state index in [1.807, 2.05) is 13.8 Å². The smallest absolute Gasteiger partial charge is 0.101 e. The Kier molecular flexibility index (Phi) is 3.84. The van der Waals surface area contributed by atoms with Gasteiger partial charge in [0, 0.05) is 57.2 Å². The first kappa shape index (κ1) is 14.7. The Hall–Kier alpha value is -0.200. The van der Waals surface area contributed by atoms with Crippen LogP contribution in [0, 0.1) is 11.3 Å². The molecule has 4 aliphatic rings. The molecule has 5 nitrogen and oxygen atoms in total. The quantitative estimate of drug-likeness (QED) is 0.730. The summed E-state index contributed by atoms with van der Waals surface area (Å²) in [4.78, 5) is 4.94. The van der Waals surface area contributed by atoms with E-state index < -0.39 is 5.60 Å². The van der Waals surface area contributed by atoms with Gasteiger partial charge in [-0.25, -0.2) is 0 Å². The third-order valence-electron chi connectivity index (χ3n) is 5.56. The Morgan fingerprint density at radius 2 is 1.80 bits per heavy atom. The van der Waals surface area contributed by atoms with Crippen LogP contribution in [0.3, 0.4) is 0 Å². The molecule has 3 atom stereocenters. The molecule has 4 rings (SSSR count). The zero-order valence-corrected chi connectivity index (χ0v) is 12.7. The van der Waals surface area contributed by atoms with Gasteiger partial charge in [-0.3, -0.25) is 0 Å².